The lowest BCUT2D eigenvalue weighted by Gasteiger charge is -2.26. The molecular formula is C22H27F2N3O. The fourth-order valence-electron chi connectivity index (χ4n) is 3.92. The highest BCUT2D eigenvalue weighted by atomic mass is 19.1. The summed E-state index contributed by atoms with van der Waals surface area (Å²) in [5.41, 5.74) is 1.59. The van der Waals surface area contributed by atoms with Gasteiger partial charge in [0.15, 0.2) is 0 Å². The lowest BCUT2D eigenvalue weighted by atomic mass is 9.93. The molecule has 1 aliphatic rings. The second kappa shape index (κ2) is 8.55. The molecule has 0 spiro atoms. The number of nitrogens with one attached hydrogen (secondary N) is 2. The van der Waals surface area contributed by atoms with E-state index in [1.807, 2.05) is 4.57 Å². The third-order valence-corrected chi connectivity index (χ3v) is 5.63. The van der Waals surface area contributed by atoms with Crippen LogP contribution >= 0.6 is 0 Å². The number of nitrogens with zero attached hydrogens (tertiary/aromatic N) is 1. The molecule has 4 nitrogen and oxygen atoms in total. The normalized spacial score (nSPS) is 16.0. The van der Waals surface area contributed by atoms with Crippen molar-refractivity contribution in [2.45, 2.75) is 44.4 Å². The molecule has 3 N–H and O–H groups in total. The molecule has 0 amide bonds. The molecule has 28 heavy (non-hydrogen) atoms. The van der Waals surface area contributed by atoms with Crippen LogP contribution < -0.4 is 10.6 Å². The molecule has 1 heterocycles. The van der Waals surface area contributed by atoms with Crippen molar-refractivity contribution in [3.05, 3.63) is 48.0 Å². The van der Waals surface area contributed by atoms with Crippen molar-refractivity contribution in [3.8, 4) is 0 Å². The lowest BCUT2D eigenvalue weighted by molar-refractivity contribution is 0.154. The van der Waals surface area contributed by atoms with Crippen LogP contribution in [0.5, 0.6) is 0 Å². The fraction of sp³-hybridized carbons (Fsp3) is 0.455. The number of rotatable bonds is 9. The molecule has 150 valence electrons. The standard InChI is InChI=1S/C22H27F2N3O/c23-15-5-7-21-19(11-15)20-12-16(24)6-8-22(20)27(21)14-18(28)13-25-9-2-10-26-17-3-1-4-17/h5-8,11-12,17-18,25-26,28H,1-4,9-10,13-14H2. The quantitative estimate of drug-likeness (QED) is 0.492. The first-order valence-electron chi connectivity index (χ1n) is 10.1. The minimum absolute atomic E-state index is 0.353. The van der Waals surface area contributed by atoms with Gasteiger partial charge in [-0.15, -0.1) is 0 Å². The topological polar surface area (TPSA) is 49.2 Å². The Kier molecular flexibility index (Phi) is 5.90. The van der Waals surface area contributed by atoms with Crippen LogP contribution in [-0.2, 0) is 6.54 Å². The van der Waals surface area contributed by atoms with Crippen LogP contribution in [0, 0.1) is 11.6 Å². The minimum Gasteiger partial charge on any atom is -0.390 e. The molecule has 0 radical (unpaired) electrons. The maximum atomic E-state index is 13.7. The van der Waals surface area contributed by atoms with E-state index < -0.39 is 6.10 Å². The van der Waals surface area contributed by atoms with Gasteiger partial charge in [-0.05, 0) is 68.8 Å². The number of halogens is 2. The summed E-state index contributed by atoms with van der Waals surface area (Å²) < 4.78 is 29.4. The predicted molar refractivity (Wildman–Crippen MR) is 108 cm³/mol. The van der Waals surface area contributed by atoms with Crippen molar-refractivity contribution in [1.82, 2.24) is 15.2 Å². The number of aliphatic hydroxyl groups excluding tert-OH is 1. The highest BCUT2D eigenvalue weighted by Crippen LogP contribution is 2.30. The zero-order valence-corrected chi connectivity index (χ0v) is 15.9. The SMILES string of the molecule is OC(CNCCCNC1CCC1)Cn1c2ccc(F)cc2c2cc(F)ccc21. The molecule has 0 bridgehead atoms. The summed E-state index contributed by atoms with van der Waals surface area (Å²) in [6.45, 7) is 2.69. The summed E-state index contributed by atoms with van der Waals surface area (Å²) in [6, 6.07) is 9.72. The summed E-state index contributed by atoms with van der Waals surface area (Å²) in [6.07, 6.45) is 4.35. The number of aromatic nitrogens is 1. The first-order chi connectivity index (χ1) is 13.6. The highest BCUT2D eigenvalue weighted by molar-refractivity contribution is 6.08. The summed E-state index contributed by atoms with van der Waals surface area (Å²) in [5.74, 6) is -0.706. The van der Waals surface area contributed by atoms with E-state index in [-0.39, 0.29) is 11.6 Å². The second-order valence-electron chi connectivity index (χ2n) is 7.73. The van der Waals surface area contributed by atoms with E-state index in [1.165, 1.54) is 43.5 Å². The summed E-state index contributed by atoms with van der Waals surface area (Å²) >= 11 is 0. The fourth-order valence-corrected chi connectivity index (χ4v) is 3.92. The van der Waals surface area contributed by atoms with Crippen molar-refractivity contribution in [3.63, 3.8) is 0 Å². The number of fused-ring (bicyclic) bond motifs is 3. The lowest BCUT2D eigenvalue weighted by Crippen LogP contribution is -2.37. The van der Waals surface area contributed by atoms with Crippen molar-refractivity contribution < 1.29 is 13.9 Å². The molecule has 1 aromatic heterocycles. The van der Waals surface area contributed by atoms with E-state index >= 15 is 0 Å². The maximum absolute atomic E-state index is 13.7. The molecular weight excluding hydrogens is 360 g/mol. The van der Waals surface area contributed by atoms with Crippen LogP contribution in [0.25, 0.3) is 21.8 Å². The Bertz CT molecular complexity index is 893. The Morgan fingerprint density at radius 2 is 1.64 bits per heavy atom. The van der Waals surface area contributed by atoms with Crippen molar-refractivity contribution >= 4 is 21.8 Å². The van der Waals surface area contributed by atoms with Crippen molar-refractivity contribution in [1.29, 1.82) is 0 Å². The molecule has 1 aliphatic carbocycles. The first-order valence-corrected chi connectivity index (χ1v) is 10.1. The summed E-state index contributed by atoms with van der Waals surface area (Å²) in [5, 5.41) is 18.6. The molecule has 0 aliphatic heterocycles. The molecule has 6 heteroatoms. The Morgan fingerprint density at radius 1 is 1.00 bits per heavy atom. The highest BCUT2D eigenvalue weighted by Gasteiger charge is 2.16. The van der Waals surface area contributed by atoms with Crippen molar-refractivity contribution in [2.24, 2.45) is 0 Å². The molecule has 1 unspecified atom stereocenters. The molecule has 1 saturated carbocycles. The number of hydrogen-bond donors (Lipinski definition) is 3. The van der Waals surface area contributed by atoms with Gasteiger partial charge in [0.2, 0.25) is 0 Å². The van der Waals surface area contributed by atoms with Gasteiger partial charge < -0.3 is 20.3 Å². The third kappa shape index (κ3) is 4.19. The van der Waals surface area contributed by atoms with Crippen LogP contribution in [0.3, 0.4) is 0 Å². The average molecular weight is 387 g/mol. The predicted octanol–water partition coefficient (Wildman–Crippen LogP) is 3.56. The van der Waals surface area contributed by atoms with Gasteiger partial charge in [0.25, 0.3) is 0 Å². The van der Waals surface area contributed by atoms with Gasteiger partial charge in [0.05, 0.1) is 12.6 Å². The van der Waals surface area contributed by atoms with E-state index in [0.29, 0.717) is 29.9 Å². The smallest absolute Gasteiger partial charge is 0.123 e. The Morgan fingerprint density at radius 3 is 2.21 bits per heavy atom. The van der Waals surface area contributed by atoms with E-state index in [9.17, 15) is 13.9 Å². The maximum Gasteiger partial charge on any atom is 0.123 e. The monoisotopic (exact) mass is 387 g/mol. The first kappa shape index (κ1) is 19.3. The van der Waals surface area contributed by atoms with Crippen LogP contribution in [0.15, 0.2) is 36.4 Å². The minimum atomic E-state index is -0.589. The zero-order chi connectivity index (χ0) is 19.5. The summed E-state index contributed by atoms with van der Waals surface area (Å²) in [7, 11) is 0. The Hall–Kier alpha value is -2.02. The zero-order valence-electron chi connectivity index (χ0n) is 15.9. The van der Waals surface area contributed by atoms with Crippen molar-refractivity contribution in [2.75, 3.05) is 19.6 Å². The molecule has 3 aromatic rings. The van der Waals surface area contributed by atoms with Gasteiger partial charge in [0.1, 0.15) is 11.6 Å². The van der Waals surface area contributed by atoms with Gasteiger partial charge in [0, 0.05) is 34.4 Å². The number of benzene rings is 2. The Labute approximate surface area is 163 Å². The Balaban J connectivity index is 1.39. The number of hydrogen-bond acceptors (Lipinski definition) is 3. The number of aliphatic hydroxyl groups is 1. The van der Waals surface area contributed by atoms with E-state index in [2.05, 4.69) is 10.6 Å². The van der Waals surface area contributed by atoms with Crippen LogP contribution in [0.2, 0.25) is 0 Å². The second-order valence-corrected chi connectivity index (χ2v) is 7.73. The van der Waals surface area contributed by atoms with Crippen LogP contribution in [0.1, 0.15) is 25.7 Å². The molecule has 2 aromatic carbocycles. The van der Waals surface area contributed by atoms with Gasteiger partial charge in [-0.3, -0.25) is 0 Å². The molecule has 0 saturated heterocycles. The van der Waals surface area contributed by atoms with E-state index in [4.69, 9.17) is 0 Å². The molecule has 1 fully saturated rings. The molecule has 4 rings (SSSR count). The molecule has 1 atom stereocenters. The third-order valence-electron chi connectivity index (χ3n) is 5.63. The average Bonchev–Trinajstić information content (AvgIpc) is 2.92. The van der Waals surface area contributed by atoms with E-state index in [0.717, 1.165) is 30.5 Å². The van der Waals surface area contributed by atoms with Gasteiger partial charge in [-0.2, -0.15) is 0 Å². The van der Waals surface area contributed by atoms with Crippen LogP contribution in [0.4, 0.5) is 8.78 Å². The van der Waals surface area contributed by atoms with Gasteiger partial charge >= 0.3 is 0 Å². The van der Waals surface area contributed by atoms with Gasteiger partial charge in [-0.25, -0.2) is 8.78 Å². The van der Waals surface area contributed by atoms with Gasteiger partial charge in [-0.1, -0.05) is 6.42 Å². The van der Waals surface area contributed by atoms with E-state index in [1.54, 1.807) is 12.1 Å². The largest absolute Gasteiger partial charge is 0.390 e. The van der Waals surface area contributed by atoms with Crippen LogP contribution in [-0.4, -0.2) is 41.5 Å². The summed E-state index contributed by atoms with van der Waals surface area (Å²) in [4.78, 5) is 0.